The van der Waals surface area contributed by atoms with Crippen molar-refractivity contribution >= 4 is 46.7 Å². The first kappa shape index (κ1) is 27.3. The molecule has 5 unspecified atom stereocenters. The van der Waals surface area contributed by atoms with Gasteiger partial charge in [-0.15, -0.1) is 23.2 Å². The van der Waals surface area contributed by atoms with Crippen molar-refractivity contribution in [3.63, 3.8) is 0 Å². The smallest absolute Gasteiger partial charge is 0.289 e. The van der Waals surface area contributed by atoms with Crippen LogP contribution in [0.15, 0.2) is 0 Å². The van der Waals surface area contributed by atoms with Crippen molar-refractivity contribution in [2.75, 3.05) is 6.54 Å². The molecule has 7 nitrogen and oxygen atoms in total. The zero-order chi connectivity index (χ0) is 25.2. The first-order valence-corrected chi connectivity index (χ1v) is 13.5. The Bertz CT molecular complexity index is 794. The average Bonchev–Trinajstić information content (AvgIpc) is 3.32. The number of nitrogens with one attached hydrogen (secondary N) is 2. The van der Waals surface area contributed by atoms with Crippen LogP contribution in [0.25, 0.3) is 0 Å². The number of halogens is 2. The van der Waals surface area contributed by atoms with E-state index in [1.807, 2.05) is 27.7 Å². The van der Waals surface area contributed by atoms with Crippen LogP contribution in [0.2, 0.25) is 0 Å². The summed E-state index contributed by atoms with van der Waals surface area (Å²) in [6.07, 6.45) is 5.46. The summed E-state index contributed by atoms with van der Waals surface area (Å²) < 4.78 is 0. The van der Waals surface area contributed by atoms with Crippen molar-refractivity contribution in [2.24, 2.45) is 23.2 Å². The number of carbonyl (C=O) groups is 4. The van der Waals surface area contributed by atoms with Crippen LogP contribution in [-0.4, -0.2) is 57.9 Å². The Labute approximate surface area is 213 Å². The summed E-state index contributed by atoms with van der Waals surface area (Å²) in [5, 5.41) is 5.59. The number of nitrogens with zero attached hydrogens (tertiary/aromatic N) is 1. The van der Waals surface area contributed by atoms with Crippen molar-refractivity contribution in [2.45, 2.75) is 102 Å². The minimum absolute atomic E-state index is 0.0591. The molecule has 2 aliphatic carbocycles. The molecule has 3 fully saturated rings. The molecule has 0 radical (unpaired) electrons. The van der Waals surface area contributed by atoms with Crippen molar-refractivity contribution in [1.29, 1.82) is 0 Å². The number of ketones is 1. The molecule has 1 heterocycles. The van der Waals surface area contributed by atoms with Crippen LogP contribution < -0.4 is 10.6 Å². The summed E-state index contributed by atoms with van der Waals surface area (Å²) >= 11 is 12.3. The lowest BCUT2D eigenvalue weighted by Gasteiger charge is -2.31. The van der Waals surface area contributed by atoms with E-state index < -0.39 is 28.6 Å². The molecule has 1 saturated heterocycles. The van der Waals surface area contributed by atoms with Crippen molar-refractivity contribution in [3.05, 3.63) is 0 Å². The number of Topliss-reactive ketones (excluding diaryl/α,β-unsaturated/α-hetero) is 1. The van der Waals surface area contributed by atoms with Crippen LogP contribution in [0.3, 0.4) is 0 Å². The normalized spacial score (nSPS) is 27.4. The maximum atomic E-state index is 13.6. The van der Waals surface area contributed by atoms with Crippen LogP contribution in [0.4, 0.5) is 0 Å². The highest BCUT2D eigenvalue weighted by Gasteiger charge is 2.53. The van der Waals surface area contributed by atoms with Crippen molar-refractivity contribution in [3.8, 4) is 0 Å². The zero-order valence-electron chi connectivity index (χ0n) is 20.7. The second-order valence-electron chi connectivity index (χ2n) is 11.5. The third-order valence-corrected chi connectivity index (χ3v) is 7.91. The van der Waals surface area contributed by atoms with Gasteiger partial charge in [0.05, 0.1) is 6.04 Å². The number of amides is 3. The number of unbranched alkanes of at least 4 members (excludes halogenated alkanes) is 1. The lowest BCUT2D eigenvalue weighted by Crippen LogP contribution is -2.55. The number of rotatable bonds is 10. The summed E-state index contributed by atoms with van der Waals surface area (Å²) in [6.45, 7) is 8.48. The lowest BCUT2D eigenvalue weighted by atomic mass is 9.90. The van der Waals surface area contributed by atoms with E-state index in [2.05, 4.69) is 10.6 Å². The van der Waals surface area contributed by atoms with Crippen LogP contribution in [0, 0.1) is 23.2 Å². The second kappa shape index (κ2) is 11.2. The first-order valence-electron chi connectivity index (χ1n) is 12.6. The van der Waals surface area contributed by atoms with Gasteiger partial charge >= 0.3 is 0 Å². The quantitative estimate of drug-likeness (QED) is 0.343. The first-order chi connectivity index (χ1) is 15.9. The summed E-state index contributed by atoms with van der Waals surface area (Å²) in [4.78, 5) is 53.3. The van der Waals surface area contributed by atoms with Crippen molar-refractivity contribution in [1.82, 2.24) is 15.5 Å². The standard InChI is InChI=1S/C25H39Cl2N3O4/c1-5-6-7-18(21(32)24(34)28-16-8-9-16)29-23(33)20-17-11-14(22(26)27)10-15(17)13-30(20)19(31)12-25(2,3)4/h14-18,20,22H,5-13H2,1-4H3,(H,28,34)(H,29,33). The van der Waals surface area contributed by atoms with Crippen LogP contribution in [0.1, 0.15) is 79.1 Å². The van der Waals surface area contributed by atoms with E-state index in [-0.39, 0.29) is 41.0 Å². The SMILES string of the molecule is CCCCC(NC(=O)C1C2CC(C(Cl)Cl)CC2CN1C(=O)CC(C)(C)C)C(=O)C(=O)NC1CC1. The molecule has 3 rings (SSSR count). The minimum atomic E-state index is -0.893. The second-order valence-corrected chi connectivity index (χ2v) is 12.7. The molecule has 0 spiro atoms. The molecular weight excluding hydrogens is 477 g/mol. The largest absolute Gasteiger partial charge is 0.347 e. The molecule has 0 aromatic carbocycles. The summed E-state index contributed by atoms with van der Waals surface area (Å²) in [6, 6.07) is -1.51. The number of hydrogen-bond acceptors (Lipinski definition) is 4. The van der Waals surface area contributed by atoms with Gasteiger partial charge in [-0.2, -0.15) is 0 Å². The van der Waals surface area contributed by atoms with Gasteiger partial charge < -0.3 is 15.5 Å². The van der Waals surface area contributed by atoms with Gasteiger partial charge in [0.25, 0.3) is 5.91 Å². The van der Waals surface area contributed by atoms with Crippen LogP contribution in [-0.2, 0) is 19.2 Å². The molecular formula is C25H39Cl2N3O4. The molecule has 5 atom stereocenters. The Morgan fingerprint density at radius 1 is 1.09 bits per heavy atom. The molecule has 3 aliphatic rings. The fraction of sp³-hybridized carbons (Fsp3) is 0.840. The van der Waals surface area contributed by atoms with E-state index in [1.165, 1.54) is 0 Å². The Morgan fingerprint density at radius 3 is 2.32 bits per heavy atom. The van der Waals surface area contributed by atoms with Crippen LogP contribution in [0.5, 0.6) is 0 Å². The van der Waals surface area contributed by atoms with E-state index in [0.29, 0.717) is 32.2 Å². The highest BCUT2D eigenvalue weighted by atomic mass is 35.5. The Morgan fingerprint density at radius 2 is 1.76 bits per heavy atom. The van der Waals surface area contributed by atoms with Gasteiger partial charge in [-0.3, -0.25) is 19.2 Å². The Balaban J connectivity index is 1.78. The molecule has 2 N–H and O–H groups in total. The van der Waals surface area contributed by atoms with Gasteiger partial charge in [0.2, 0.25) is 17.6 Å². The minimum Gasteiger partial charge on any atom is -0.347 e. The molecule has 0 aromatic rings. The molecule has 0 aromatic heterocycles. The molecule has 9 heteroatoms. The topological polar surface area (TPSA) is 95.6 Å². The summed E-state index contributed by atoms with van der Waals surface area (Å²) in [5.41, 5.74) is -0.212. The zero-order valence-corrected chi connectivity index (χ0v) is 22.3. The van der Waals surface area contributed by atoms with Gasteiger partial charge in [-0.1, -0.05) is 40.5 Å². The number of hydrogen-bond donors (Lipinski definition) is 2. The Hall–Kier alpha value is -1.34. The van der Waals surface area contributed by atoms with Crippen molar-refractivity contribution < 1.29 is 19.2 Å². The monoisotopic (exact) mass is 515 g/mol. The molecule has 2 saturated carbocycles. The van der Waals surface area contributed by atoms with E-state index in [9.17, 15) is 19.2 Å². The van der Waals surface area contributed by atoms with E-state index in [4.69, 9.17) is 23.2 Å². The summed E-state index contributed by atoms with van der Waals surface area (Å²) in [7, 11) is 0. The van der Waals surface area contributed by atoms with E-state index >= 15 is 0 Å². The molecule has 0 bridgehead atoms. The Kier molecular flexibility index (Phi) is 8.94. The number of alkyl halides is 2. The average molecular weight is 517 g/mol. The third kappa shape index (κ3) is 6.87. The highest BCUT2D eigenvalue weighted by Crippen LogP contribution is 2.48. The van der Waals surface area contributed by atoms with Gasteiger partial charge in [-0.25, -0.2) is 0 Å². The molecule has 1 aliphatic heterocycles. The van der Waals surface area contributed by atoms with Gasteiger partial charge in [0.1, 0.15) is 10.9 Å². The highest BCUT2D eigenvalue weighted by molar-refractivity contribution is 6.44. The van der Waals surface area contributed by atoms with E-state index in [0.717, 1.165) is 25.7 Å². The van der Waals surface area contributed by atoms with Gasteiger partial charge in [0.15, 0.2) is 0 Å². The molecule has 192 valence electrons. The number of likely N-dealkylation sites (tertiary alicyclic amines) is 1. The molecule has 3 amide bonds. The van der Waals surface area contributed by atoms with Gasteiger partial charge in [-0.05, 0) is 55.3 Å². The number of carbonyl (C=O) groups excluding carboxylic acids is 4. The predicted octanol–water partition coefficient (Wildman–Crippen LogP) is 3.60. The maximum Gasteiger partial charge on any atom is 0.289 e. The lowest BCUT2D eigenvalue weighted by molar-refractivity contribution is -0.143. The fourth-order valence-corrected chi connectivity index (χ4v) is 5.74. The molecule has 34 heavy (non-hydrogen) atoms. The predicted molar refractivity (Wildman–Crippen MR) is 132 cm³/mol. The van der Waals surface area contributed by atoms with Crippen LogP contribution >= 0.6 is 23.2 Å². The fourth-order valence-electron chi connectivity index (χ4n) is 5.33. The van der Waals surface area contributed by atoms with Gasteiger partial charge in [0, 0.05) is 19.0 Å². The van der Waals surface area contributed by atoms with E-state index in [1.54, 1.807) is 4.90 Å². The third-order valence-electron chi connectivity index (χ3n) is 7.20. The maximum absolute atomic E-state index is 13.6. The summed E-state index contributed by atoms with van der Waals surface area (Å²) in [5.74, 6) is -1.50. The number of fused-ring (bicyclic) bond motifs is 1.